The number of rotatable bonds is 1. The molecule has 7 heteroatoms. The van der Waals surface area contributed by atoms with Crippen LogP contribution in [0.25, 0.3) is 0 Å². The van der Waals surface area contributed by atoms with Gasteiger partial charge in [-0.1, -0.05) is 0 Å². The molecule has 0 bridgehead atoms. The second kappa shape index (κ2) is 4.06. The number of benzene rings is 1. The number of hydrogen-bond acceptors (Lipinski definition) is 2. The fourth-order valence-electron chi connectivity index (χ4n) is 1.10. The third kappa shape index (κ3) is 2.12. The van der Waals surface area contributed by atoms with Gasteiger partial charge in [0, 0.05) is 0 Å². The van der Waals surface area contributed by atoms with E-state index in [9.17, 15) is 22.0 Å². The van der Waals surface area contributed by atoms with Gasteiger partial charge in [0.15, 0.2) is 6.10 Å². The van der Waals surface area contributed by atoms with Gasteiger partial charge in [0.2, 0.25) is 0 Å². The molecule has 0 fully saturated rings. The summed E-state index contributed by atoms with van der Waals surface area (Å²) >= 11 is 0. The third-order valence-corrected chi connectivity index (χ3v) is 1.83. The molecule has 86 valence electrons. The lowest BCUT2D eigenvalue weighted by Crippen LogP contribution is -2.13. The van der Waals surface area contributed by atoms with Crippen LogP contribution in [0.5, 0.6) is 0 Å². The van der Waals surface area contributed by atoms with E-state index < -0.39 is 35.0 Å². The van der Waals surface area contributed by atoms with Gasteiger partial charge >= 0.3 is 6.18 Å². The Morgan fingerprint density at radius 3 is 2.25 bits per heavy atom. The van der Waals surface area contributed by atoms with E-state index >= 15 is 0 Å². The topological polar surface area (TPSA) is 44.0 Å². The maximum absolute atomic E-state index is 13.2. The van der Waals surface area contributed by atoms with Crippen LogP contribution in [0, 0.1) is 23.0 Å². The van der Waals surface area contributed by atoms with E-state index in [4.69, 9.17) is 10.4 Å². The molecule has 0 saturated carbocycles. The van der Waals surface area contributed by atoms with E-state index in [1.54, 1.807) is 0 Å². The molecule has 1 unspecified atom stereocenters. The second-order valence-corrected chi connectivity index (χ2v) is 2.85. The molecule has 1 rings (SSSR count). The molecule has 0 aliphatic heterocycles. The van der Waals surface area contributed by atoms with Crippen LogP contribution in [0.2, 0.25) is 0 Å². The summed E-state index contributed by atoms with van der Waals surface area (Å²) in [7, 11) is 0. The Morgan fingerprint density at radius 1 is 1.25 bits per heavy atom. The molecule has 1 atom stereocenters. The van der Waals surface area contributed by atoms with Crippen molar-refractivity contribution in [3.63, 3.8) is 0 Å². The molecule has 0 spiro atoms. The fourth-order valence-corrected chi connectivity index (χ4v) is 1.10. The van der Waals surface area contributed by atoms with Gasteiger partial charge < -0.3 is 5.11 Å². The first-order valence-electron chi connectivity index (χ1n) is 3.91. The Morgan fingerprint density at radius 2 is 1.81 bits per heavy atom. The van der Waals surface area contributed by atoms with Gasteiger partial charge in [-0.3, -0.25) is 0 Å². The SMILES string of the molecule is N#CC(O)c1c(F)ccc(C(F)(F)F)c1F. The molecule has 0 heterocycles. The Balaban J connectivity index is 3.46. The van der Waals surface area contributed by atoms with E-state index in [0.717, 1.165) is 6.07 Å². The van der Waals surface area contributed by atoms with Crippen LogP contribution in [-0.2, 0) is 6.18 Å². The quantitative estimate of drug-likeness (QED) is 0.602. The van der Waals surface area contributed by atoms with Crippen molar-refractivity contribution in [2.24, 2.45) is 0 Å². The molecule has 0 amide bonds. The van der Waals surface area contributed by atoms with Crippen molar-refractivity contribution in [1.29, 1.82) is 5.26 Å². The standard InChI is InChI=1S/C9H4F5NO/c10-5-2-1-4(9(12,13)14)8(11)7(5)6(16)3-15/h1-2,6,16H. The van der Waals surface area contributed by atoms with E-state index in [1.807, 2.05) is 0 Å². The van der Waals surface area contributed by atoms with E-state index in [0.29, 0.717) is 6.07 Å². The molecule has 2 nitrogen and oxygen atoms in total. The van der Waals surface area contributed by atoms with Crippen LogP contribution < -0.4 is 0 Å². The number of nitriles is 1. The number of nitrogens with zero attached hydrogens (tertiary/aromatic N) is 1. The first-order chi connectivity index (χ1) is 7.29. The normalized spacial score (nSPS) is 13.3. The summed E-state index contributed by atoms with van der Waals surface area (Å²) in [6, 6.07) is 1.61. The summed E-state index contributed by atoms with van der Waals surface area (Å²) in [6.45, 7) is 0. The molecule has 0 radical (unpaired) electrons. The highest BCUT2D eigenvalue weighted by Crippen LogP contribution is 2.34. The molecule has 16 heavy (non-hydrogen) atoms. The van der Waals surface area contributed by atoms with E-state index in [1.165, 1.54) is 0 Å². The highest BCUT2D eigenvalue weighted by Gasteiger charge is 2.36. The molecule has 0 aliphatic rings. The van der Waals surface area contributed by atoms with Gasteiger partial charge in [0.05, 0.1) is 17.2 Å². The smallest absolute Gasteiger partial charge is 0.374 e. The van der Waals surface area contributed by atoms with Gasteiger partial charge in [-0.15, -0.1) is 0 Å². The zero-order chi connectivity index (χ0) is 12.5. The van der Waals surface area contributed by atoms with Crippen molar-refractivity contribution in [2.75, 3.05) is 0 Å². The summed E-state index contributed by atoms with van der Waals surface area (Å²) in [5.41, 5.74) is -3.02. The van der Waals surface area contributed by atoms with Crippen LogP contribution in [0.15, 0.2) is 12.1 Å². The molecular weight excluding hydrogens is 233 g/mol. The van der Waals surface area contributed by atoms with Crippen LogP contribution in [0.4, 0.5) is 22.0 Å². The molecule has 0 aromatic heterocycles. The summed E-state index contributed by atoms with van der Waals surface area (Å²) in [5.74, 6) is -3.37. The number of aliphatic hydroxyl groups excluding tert-OH is 1. The summed E-state index contributed by atoms with van der Waals surface area (Å²) < 4.78 is 62.7. The summed E-state index contributed by atoms with van der Waals surface area (Å²) in [4.78, 5) is 0. The van der Waals surface area contributed by atoms with Crippen molar-refractivity contribution in [3.05, 3.63) is 34.9 Å². The van der Waals surface area contributed by atoms with Gasteiger partial charge in [0.25, 0.3) is 0 Å². The van der Waals surface area contributed by atoms with Crippen LogP contribution in [0.3, 0.4) is 0 Å². The van der Waals surface area contributed by atoms with Gasteiger partial charge in [-0.25, -0.2) is 8.78 Å². The Kier molecular flexibility index (Phi) is 3.14. The van der Waals surface area contributed by atoms with Crippen LogP contribution >= 0.6 is 0 Å². The number of halogens is 5. The predicted octanol–water partition coefficient (Wildman–Crippen LogP) is 2.54. The summed E-state index contributed by atoms with van der Waals surface area (Å²) in [5, 5.41) is 17.1. The lowest BCUT2D eigenvalue weighted by atomic mass is 10.0. The maximum atomic E-state index is 13.2. The van der Waals surface area contributed by atoms with Crippen molar-refractivity contribution in [3.8, 4) is 6.07 Å². The maximum Gasteiger partial charge on any atom is 0.419 e. The lowest BCUT2D eigenvalue weighted by molar-refractivity contribution is -0.140. The number of aliphatic hydroxyl groups is 1. The van der Waals surface area contributed by atoms with Crippen molar-refractivity contribution < 1.29 is 27.1 Å². The average Bonchev–Trinajstić information content (AvgIpc) is 2.15. The summed E-state index contributed by atoms with van der Waals surface area (Å²) in [6.07, 6.45) is -7.29. The van der Waals surface area contributed by atoms with Crippen LogP contribution in [0.1, 0.15) is 17.2 Å². The lowest BCUT2D eigenvalue weighted by Gasteiger charge is -2.12. The van der Waals surface area contributed by atoms with Gasteiger partial charge in [-0.2, -0.15) is 18.4 Å². The van der Waals surface area contributed by atoms with Crippen molar-refractivity contribution >= 4 is 0 Å². The molecule has 1 aromatic rings. The third-order valence-electron chi connectivity index (χ3n) is 1.83. The highest BCUT2D eigenvalue weighted by atomic mass is 19.4. The largest absolute Gasteiger partial charge is 0.419 e. The Bertz CT molecular complexity index is 448. The highest BCUT2D eigenvalue weighted by molar-refractivity contribution is 5.33. The predicted molar refractivity (Wildman–Crippen MR) is 41.9 cm³/mol. The average molecular weight is 237 g/mol. The first kappa shape index (κ1) is 12.4. The Labute approximate surface area is 86.5 Å². The number of alkyl halides is 3. The molecule has 0 aliphatic carbocycles. The minimum atomic E-state index is -5.01. The molecule has 1 aromatic carbocycles. The van der Waals surface area contributed by atoms with E-state index in [2.05, 4.69) is 0 Å². The van der Waals surface area contributed by atoms with Crippen LogP contribution in [-0.4, -0.2) is 5.11 Å². The zero-order valence-electron chi connectivity index (χ0n) is 7.52. The monoisotopic (exact) mass is 237 g/mol. The van der Waals surface area contributed by atoms with Crippen molar-refractivity contribution in [1.82, 2.24) is 0 Å². The molecular formula is C9H4F5NO. The van der Waals surface area contributed by atoms with Gasteiger partial charge in [-0.05, 0) is 12.1 Å². The zero-order valence-corrected chi connectivity index (χ0v) is 7.52. The minimum Gasteiger partial charge on any atom is -0.374 e. The first-order valence-corrected chi connectivity index (χ1v) is 3.91. The molecule has 0 saturated heterocycles. The van der Waals surface area contributed by atoms with E-state index in [-0.39, 0.29) is 6.07 Å². The second-order valence-electron chi connectivity index (χ2n) is 2.85. The van der Waals surface area contributed by atoms with Crippen molar-refractivity contribution in [2.45, 2.75) is 12.3 Å². The Hall–Kier alpha value is -1.68. The van der Waals surface area contributed by atoms with Gasteiger partial charge in [0.1, 0.15) is 11.6 Å². The number of hydrogen-bond donors (Lipinski definition) is 1. The minimum absolute atomic E-state index is 0.207. The molecule has 1 N–H and O–H groups in total. The fraction of sp³-hybridized carbons (Fsp3) is 0.222.